The van der Waals surface area contributed by atoms with Gasteiger partial charge < -0.3 is 9.13 Å². The average Bonchev–Trinajstić information content (AvgIpc) is 1.54. The monoisotopic (exact) mass is 1660 g/mol. The van der Waals surface area contributed by atoms with Crippen LogP contribution in [0.2, 0.25) is 0 Å². The molecule has 0 unspecified atom stereocenters. The first kappa shape index (κ1) is 73.1. The Morgan fingerprint density at radius 1 is 0.188 bits per heavy atom. The van der Waals surface area contributed by atoms with Crippen molar-refractivity contribution in [2.45, 2.75) is 0 Å². The summed E-state index contributed by atoms with van der Waals surface area (Å²) in [5.74, 6) is 1.30. The van der Waals surface area contributed by atoms with Crippen molar-refractivity contribution in [3.8, 4) is 135 Å². The molecule has 10 heteroatoms. The first-order valence-corrected chi connectivity index (χ1v) is 44.9. The topological polar surface area (TPSA) is 87.2 Å². The fraction of sp³-hybridized carbons (Fsp3) is 0. The molecule has 8 aromatic heterocycles. The van der Waals surface area contributed by atoms with E-state index in [-0.39, 0.29) is 0 Å². The molecule has 0 spiro atoms. The van der Waals surface area contributed by atoms with Crippen LogP contribution < -0.4 is 0 Å². The maximum Gasteiger partial charge on any atom is 0.160 e. The summed E-state index contributed by atoms with van der Waals surface area (Å²) in [5, 5.41) is 16.8. The van der Waals surface area contributed by atoms with E-state index in [4.69, 9.17) is 29.9 Å². The largest absolute Gasteiger partial charge is 0.309 e. The number of para-hydroxylation sites is 4. The van der Waals surface area contributed by atoms with Crippen molar-refractivity contribution < 1.29 is 0 Å². The molecule has 594 valence electrons. The molecule has 0 N–H and O–H groups in total. The molecule has 0 amide bonds. The predicted molar refractivity (Wildman–Crippen MR) is 537 cm³/mol. The molecule has 18 aromatic carbocycles. The van der Waals surface area contributed by atoms with Crippen LogP contribution >= 0.6 is 22.7 Å². The van der Waals surface area contributed by atoms with Crippen molar-refractivity contribution in [3.05, 3.63) is 425 Å². The van der Waals surface area contributed by atoms with E-state index in [0.717, 1.165) is 161 Å². The molecule has 26 rings (SSSR count). The Bertz CT molecular complexity index is 8930. The molecular formula is C118H70N8S2. The van der Waals surface area contributed by atoms with Crippen LogP contribution in [-0.4, -0.2) is 39.0 Å². The zero-order valence-electron chi connectivity index (χ0n) is 68.8. The van der Waals surface area contributed by atoms with Crippen LogP contribution in [0.5, 0.6) is 0 Å². The third-order valence-electron chi connectivity index (χ3n) is 25.8. The highest BCUT2D eigenvalue weighted by Crippen LogP contribution is 2.49. The van der Waals surface area contributed by atoms with E-state index in [1.165, 1.54) is 90.0 Å². The molecule has 8 nitrogen and oxygen atoms in total. The highest BCUT2D eigenvalue weighted by molar-refractivity contribution is 7.27. The predicted octanol–water partition coefficient (Wildman–Crippen LogP) is 31.9. The number of nitrogens with zero attached hydrogens (tertiary/aromatic N) is 8. The van der Waals surface area contributed by atoms with E-state index in [1.807, 2.05) is 28.7 Å². The first-order valence-electron chi connectivity index (χ1n) is 43.3. The highest BCUT2D eigenvalue weighted by atomic mass is 32.1. The standard InChI is InChI=1S/C118H70N8S2/c1-2-21-75(22-3-1)101-69-103(77-52-59-85(60-53-77)125-105-34-12-6-26-89(105)90-27-7-13-35-106(90)125)123-117(121-101)80-50-44-73(45-51-80)83-58-65-100-98(68-83)112-96-31-11-17-39-110(96)128-116(112)114(120-100)94-33-19-24-84-66-81(56-63-88(84)94)71-42-48-79(49-43-71)118-122-102(70-104(124-118)78-54-61-86(62-55-78)126-107-36-14-8-28-91(107)92-29-9-15-37-108(92)126)76-46-40-72(41-47-76)82-57-64-99-97(67-82)111-95-30-10-16-38-109(95)127-115(111)113(119-99)93-32-18-23-74-20-4-5-25-87(74)93/h1-70H. The second-order valence-electron chi connectivity index (χ2n) is 33.1. The SMILES string of the molecule is c1ccc(-c2cc(-c3ccc(-n4c5ccccc5c5ccccc54)cc3)nc(-c3ccc(-c4ccc5nc(-c6cccc7cc(-c8ccc(-c9nc(-c%10ccc(-c%11ccc%12nc(-c%13cccc%14ccccc%13%14)c%13sc%14ccccc%14c%13c%12c%11)cc%10)cc(-c%10ccc(-n%11c%12ccccc%12c%12ccccc%12%11)cc%10)n9)cc8)ccc67)c6sc7ccccc7c6c5c4)cc3)n2)cc1. The van der Waals surface area contributed by atoms with E-state index < -0.39 is 0 Å². The van der Waals surface area contributed by atoms with Crippen LogP contribution in [0.4, 0.5) is 0 Å². The lowest BCUT2D eigenvalue weighted by molar-refractivity contribution is 1.17. The van der Waals surface area contributed by atoms with Crippen molar-refractivity contribution in [2.24, 2.45) is 0 Å². The number of benzene rings is 18. The summed E-state index contributed by atoms with van der Waals surface area (Å²) in [6.45, 7) is 0. The molecular weight excluding hydrogens is 1590 g/mol. The second kappa shape index (κ2) is 29.6. The maximum absolute atomic E-state index is 5.65. The third kappa shape index (κ3) is 12.2. The van der Waals surface area contributed by atoms with Crippen LogP contribution in [0.1, 0.15) is 0 Å². The van der Waals surface area contributed by atoms with Gasteiger partial charge in [-0.25, -0.2) is 29.9 Å². The van der Waals surface area contributed by atoms with Crippen LogP contribution in [0, 0.1) is 0 Å². The fourth-order valence-electron chi connectivity index (χ4n) is 19.6. The van der Waals surface area contributed by atoms with E-state index in [1.54, 1.807) is 0 Å². The number of fused-ring (bicyclic) bond motifs is 18. The van der Waals surface area contributed by atoms with Gasteiger partial charge in [0, 0.05) is 119 Å². The number of rotatable bonds is 13. The summed E-state index contributed by atoms with van der Waals surface area (Å²) in [7, 11) is 0. The maximum atomic E-state index is 5.65. The molecule has 0 radical (unpaired) electrons. The zero-order valence-corrected chi connectivity index (χ0v) is 70.4. The van der Waals surface area contributed by atoms with Gasteiger partial charge in [0.15, 0.2) is 11.6 Å². The van der Waals surface area contributed by atoms with Crippen molar-refractivity contribution in [3.63, 3.8) is 0 Å². The summed E-state index contributed by atoms with van der Waals surface area (Å²) >= 11 is 3.64. The van der Waals surface area contributed by atoms with Gasteiger partial charge in [-0.1, -0.05) is 322 Å². The quantitative estimate of drug-likeness (QED) is 0.114. The number of hydrogen-bond acceptors (Lipinski definition) is 8. The Morgan fingerprint density at radius 3 is 0.938 bits per heavy atom. The number of pyridine rings is 2. The smallest absolute Gasteiger partial charge is 0.160 e. The molecule has 8 heterocycles. The van der Waals surface area contributed by atoms with Gasteiger partial charge in [-0.15, -0.1) is 22.7 Å². The minimum atomic E-state index is 0.641. The van der Waals surface area contributed by atoms with Gasteiger partial charge in [0.2, 0.25) is 0 Å². The van der Waals surface area contributed by atoms with Crippen molar-refractivity contribution in [1.82, 2.24) is 39.0 Å². The summed E-state index contributed by atoms with van der Waals surface area (Å²) < 4.78 is 9.54. The van der Waals surface area contributed by atoms with E-state index in [0.29, 0.717) is 11.6 Å². The Labute approximate surface area is 743 Å². The average molecular weight is 1660 g/mol. The molecule has 0 saturated heterocycles. The summed E-state index contributed by atoms with van der Waals surface area (Å²) in [6.07, 6.45) is 0. The molecule has 0 bridgehead atoms. The molecule has 0 aliphatic heterocycles. The normalized spacial score (nSPS) is 11.9. The molecule has 0 aliphatic carbocycles. The van der Waals surface area contributed by atoms with Gasteiger partial charge in [-0.3, -0.25) is 0 Å². The Hall–Kier alpha value is -16.5. The summed E-state index contributed by atoms with van der Waals surface area (Å²) in [6, 6.07) is 153. The van der Waals surface area contributed by atoms with Crippen LogP contribution in [-0.2, 0) is 0 Å². The second-order valence-corrected chi connectivity index (χ2v) is 35.2. The van der Waals surface area contributed by atoms with Gasteiger partial charge in [0.1, 0.15) is 0 Å². The Kier molecular flexibility index (Phi) is 16.9. The molecule has 0 fully saturated rings. The highest BCUT2D eigenvalue weighted by Gasteiger charge is 2.24. The minimum absolute atomic E-state index is 0.641. The molecule has 128 heavy (non-hydrogen) atoms. The van der Waals surface area contributed by atoms with Gasteiger partial charge in [-0.05, 0) is 158 Å². The molecule has 0 aliphatic rings. The van der Waals surface area contributed by atoms with Crippen LogP contribution in [0.15, 0.2) is 425 Å². The fourth-order valence-corrected chi connectivity index (χ4v) is 22.0. The van der Waals surface area contributed by atoms with Gasteiger partial charge in [0.05, 0.1) is 76.7 Å². The van der Waals surface area contributed by atoms with E-state index in [9.17, 15) is 0 Å². The van der Waals surface area contributed by atoms with Gasteiger partial charge in [-0.2, -0.15) is 0 Å². The lowest BCUT2D eigenvalue weighted by Crippen LogP contribution is -1.97. The lowest BCUT2D eigenvalue weighted by atomic mass is 9.95. The van der Waals surface area contributed by atoms with Crippen LogP contribution in [0.25, 0.3) is 262 Å². The van der Waals surface area contributed by atoms with E-state index >= 15 is 0 Å². The minimum Gasteiger partial charge on any atom is -0.309 e. The number of hydrogen-bond donors (Lipinski definition) is 0. The lowest BCUT2D eigenvalue weighted by Gasteiger charge is -2.13. The first-order chi connectivity index (χ1) is 63.4. The van der Waals surface area contributed by atoms with Crippen molar-refractivity contribution in [1.29, 1.82) is 0 Å². The van der Waals surface area contributed by atoms with Crippen LogP contribution in [0.3, 0.4) is 0 Å². The Morgan fingerprint density at radius 2 is 0.500 bits per heavy atom. The summed E-state index contributed by atoms with van der Waals surface area (Å²) in [5.41, 5.74) is 28.9. The van der Waals surface area contributed by atoms with Gasteiger partial charge in [0.25, 0.3) is 0 Å². The Balaban J connectivity index is 0.519. The number of thiophene rings is 2. The zero-order chi connectivity index (χ0) is 84.0. The molecule has 0 saturated carbocycles. The molecule has 26 aromatic rings. The van der Waals surface area contributed by atoms with E-state index in [2.05, 4.69) is 428 Å². The van der Waals surface area contributed by atoms with Crippen molar-refractivity contribution >= 4 is 150 Å². The van der Waals surface area contributed by atoms with Crippen molar-refractivity contribution in [2.75, 3.05) is 0 Å². The number of aromatic nitrogens is 8. The third-order valence-corrected chi connectivity index (χ3v) is 28.1. The molecule has 0 atom stereocenters. The van der Waals surface area contributed by atoms with Gasteiger partial charge >= 0.3 is 0 Å². The summed E-state index contributed by atoms with van der Waals surface area (Å²) in [4.78, 5) is 32.6.